The normalized spacial score (nSPS) is 12.2. The second-order valence-corrected chi connectivity index (χ2v) is 12.1. The first-order chi connectivity index (χ1) is 18.3. The molecule has 0 aliphatic carbocycles. The van der Waals surface area contributed by atoms with E-state index in [1.807, 2.05) is 0 Å². The van der Waals surface area contributed by atoms with Crippen molar-refractivity contribution in [3.8, 4) is 0 Å². The molecule has 0 fully saturated rings. The van der Waals surface area contributed by atoms with Gasteiger partial charge >= 0.3 is 0 Å². The van der Waals surface area contributed by atoms with E-state index in [4.69, 9.17) is 23.2 Å². The van der Waals surface area contributed by atoms with E-state index in [1.54, 1.807) is 45.0 Å². The van der Waals surface area contributed by atoms with Crippen molar-refractivity contribution in [2.75, 3.05) is 10.8 Å². The van der Waals surface area contributed by atoms with Gasteiger partial charge in [0.15, 0.2) is 0 Å². The van der Waals surface area contributed by atoms with Crippen molar-refractivity contribution in [3.05, 3.63) is 93.7 Å². The number of carbonyl (C=O) groups is 2. The van der Waals surface area contributed by atoms with Crippen LogP contribution in [0.2, 0.25) is 10.0 Å². The van der Waals surface area contributed by atoms with Gasteiger partial charge in [0.1, 0.15) is 18.4 Å². The van der Waals surface area contributed by atoms with Crippen LogP contribution < -0.4 is 9.62 Å². The molecule has 0 aliphatic rings. The molecule has 0 bridgehead atoms. The zero-order valence-electron chi connectivity index (χ0n) is 22.0. The van der Waals surface area contributed by atoms with Crippen molar-refractivity contribution in [2.45, 2.75) is 51.2 Å². The maximum absolute atomic E-state index is 14.9. The molecule has 3 aromatic carbocycles. The molecule has 1 N–H and O–H groups in total. The Bertz CT molecular complexity index is 1450. The van der Waals surface area contributed by atoms with E-state index in [2.05, 4.69) is 5.32 Å². The molecule has 7 nitrogen and oxygen atoms in total. The number of sulfonamides is 1. The number of hydrogen-bond acceptors (Lipinski definition) is 4. The molecule has 3 rings (SSSR count). The molecular formula is C28H30Cl2FN3O4S. The lowest BCUT2D eigenvalue weighted by molar-refractivity contribution is -0.139. The van der Waals surface area contributed by atoms with Crippen LogP contribution >= 0.6 is 23.2 Å². The van der Waals surface area contributed by atoms with Gasteiger partial charge in [-0.1, -0.05) is 59.1 Å². The lowest BCUT2D eigenvalue weighted by atomic mass is 10.1. The molecule has 0 aromatic heterocycles. The molecular weight excluding hydrogens is 564 g/mol. The minimum absolute atomic E-state index is 0.109. The van der Waals surface area contributed by atoms with Crippen molar-refractivity contribution < 1.29 is 22.4 Å². The summed E-state index contributed by atoms with van der Waals surface area (Å²) in [6.45, 7) is 6.01. The SMILES string of the molecule is Cc1ccc(S(=O)(=O)N(CC(=O)N(Cc2ccc(Cl)cc2Cl)C(C)C(=O)NC(C)C)c2ccccc2F)cc1. The van der Waals surface area contributed by atoms with Crippen LogP contribution in [0.15, 0.2) is 71.6 Å². The molecule has 0 aliphatic heterocycles. The van der Waals surface area contributed by atoms with Gasteiger partial charge in [-0.3, -0.25) is 13.9 Å². The quantitative estimate of drug-likeness (QED) is 0.332. The minimum Gasteiger partial charge on any atom is -0.352 e. The van der Waals surface area contributed by atoms with Crippen molar-refractivity contribution in [3.63, 3.8) is 0 Å². The van der Waals surface area contributed by atoms with Crippen molar-refractivity contribution in [1.29, 1.82) is 0 Å². The van der Waals surface area contributed by atoms with E-state index >= 15 is 0 Å². The first-order valence-electron chi connectivity index (χ1n) is 12.2. The molecule has 0 radical (unpaired) electrons. The maximum atomic E-state index is 14.9. The van der Waals surface area contributed by atoms with Gasteiger partial charge in [-0.2, -0.15) is 0 Å². The van der Waals surface area contributed by atoms with Gasteiger partial charge in [0.05, 0.1) is 10.6 Å². The Labute approximate surface area is 238 Å². The van der Waals surface area contributed by atoms with Gasteiger partial charge in [-0.05, 0) is 69.7 Å². The number of nitrogens with one attached hydrogen (secondary N) is 1. The standard InChI is InChI=1S/C28H30Cl2FN3O4S/c1-18(2)32-28(36)20(4)33(16-21-11-12-22(29)15-24(21)30)27(35)17-34(26-8-6-5-7-25(26)31)39(37,38)23-13-9-19(3)10-14-23/h5-15,18,20H,16-17H2,1-4H3,(H,32,36). The van der Waals surface area contributed by atoms with Crippen LogP contribution in [0, 0.1) is 12.7 Å². The number of rotatable bonds is 10. The van der Waals surface area contributed by atoms with Gasteiger partial charge in [-0.15, -0.1) is 0 Å². The summed E-state index contributed by atoms with van der Waals surface area (Å²) in [5, 5.41) is 3.43. The van der Waals surface area contributed by atoms with E-state index < -0.39 is 40.2 Å². The zero-order chi connectivity index (χ0) is 28.9. The number of halogens is 3. The number of hydrogen-bond donors (Lipinski definition) is 1. The fourth-order valence-corrected chi connectivity index (χ4v) is 5.72. The Morgan fingerprint density at radius 2 is 1.62 bits per heavy atom. The number of aryl methyl sites for hydroxylation is 1. The average Bonchev–Trinajstić information content (AvgIpc) is 2.86. The zero-order valence-corrected chi connectivity index (χ0v) is 24.3. The van der Waals surface area contributed by atoms with E-state index in [0.717, 1.165) is 15.9 Å². The molecule has 208 valence electrons. The van der Waals surface area contributed by atoms with E-state index in [-0.39, 0.29) is 28.2 Å². The van der Waals surface area contributed by atoms with Crippen LogP contribution in [0.4, 0.5) is 10.1 Å². The summed E-state index contributed by atoms with van der Waals surface area (Å²) in [4.78, 5) is 27.9. The second-order valence-electron chi connectivity index (χ2n) is 9.37. The predicted molar refractivity (Wildman–Crippen MR) is 152 cm³/mol. The number of anilines is 1. The molecule has 0 saturated carbocycles. The Kier molecular flexibility index (Phi) is 9.98. The van der Waals surface area contributed by atoms with Crippen LogP contribution in [-0.2, 0) is 26.2 Å². The topological polar surface area (TPSA) is 86.8 Å². The second kappa shape index (κ2) is 12.8. The Morgan fingerprint density at radius 3 is 2.21 bits per heavy atom. The fourth-order valence-electron chi connectivity index (χ4n) is 3.83. The number of amides is 2. The highest BCUT2D eigenvalue weighted by Gasteiger charge is 2.34. The summed E-state index contributed by atoms with van der Waals surface area (Å²) in [5.41, 5.74) is 1.03. The third kappa shape index (κ3) is 7.50. The maximum Gasteiger partial charge on any atom is 0.264 e. The molecule has 1 atom stereocenters. The molecule has 0 spiro atoms. The van der Waals surface area contributed by atoms with Crippen LogP contribution in [0.5, 0.6) is 0 Å². The highest BCUT2D eigenvalue weighted by molar-refractivity contribution is 7.92. The minimum atomic E-state index is -4.37. The number of para-hydroxylation sites is 1. The van der Waals surface area contributed by atoms with E-state index in [9.17, 15) is 22.4 Å². The summed E-state index contributed by atoms with van der Waals surface area (Å²) >= 11 is 12.4. The van der Waals surface area contributed by atoms with Gasteiger partial charge in [0.2, 0.25) is 11.8 Å². The lowest BCUT2D eigenvalue weighted by Gasteiger charge is -2.32. The van der Waals surface area contributed by atoms with Crippen LogP contribution in [0.1, 0.15) is 31.9 Å². The van der Waals surface area contributed by atoms with Gasteiger partial charge in [0.25, 0.3) is 10.0 Å². The molecule has 39 heavy (non-hydrogen) atoms. The highest BCUT2D eigenvalue weighted by Crippen LogP contribution is 2.28. The predicted octanol–water partition coefficient (Wildman–Crippen LogP) is 5.58. The molecule has 0 saturated heterocycles. The average molecular weight is 595 g/mol. The summed E-state index contributed by atoms with van der Waals surface area (Å²) in [5.74, 6) is -1.99. The van der Waals surface area contributed by atoms with Gasteiger partial charge in [-0.25, -0.2) is 12.8 Å². The highest BCUT2D eigenvalue weighted by atomic mass is 35.5. The summed E-state index contributed by atoms with van der Waals surface area (Å²) in [7, 11) is -4.37. The first-order valence-corrected chi connectivity index (χ1v) is 14.4. The third-order valence-corrected chi connectivity index (χ3v) is 8.32. The smallest absolute Gasteiger partial charge is 0.264 e. The molecule has 2 amide bonds. The lowest BCUT2D eigenvalue weighted by Crippen LogP contribution is -2.52. The number of benzene rings is 3. The first kappa shape index (κ1) is 30.4. The largest absolute Gasteiger partial charge is 0.352 e. The Morgan fingerprint density at radius 1 is 0.974 bits per heavy atom. The summed E-state index contributed by atoms with van der Waals surface area (Å²) in [6, 6.07) is 14.8. The third-order valence-electron chi connectivity index (χ3n) is 5.96. The monoisotopic (exact) mass is 593 g/mol. The van der Waals surface area contributed by atoms with Crippen LogP contribution in [0.3, 0.4) is 0 Å². The van der Waals surface area contributed by atoms with Gasteiger partial charge in [0, 0.05) is 22.6 Å². The van der Waals surface area contributed by atoms with Crippen LogP contribution in [-0.4, -0.2) is 43.8 Å². The van der Waals surface area contributed by atoms with Crippen molar-refractivity contribution in [1.82, 2.24) is 10.2 Å². The Balaban J connectivity index is 2.06. The molecule has 0 heterocycles. The Hall–Kier alpha value is -3.14. The van der Waals surface area contributed by atoms with Crippen molar-refractivity contribution in [2.24, 2.45) is 0 Å². The fraction of sp³-hybridized carbons (Fsp3) is 0.286. The van der Waals surface area contributed by atoms with E-state index in [0.29, 0.717) is 10.6 Å². The van der Waals surface area contributed by atoms with Gasteiger partial charge < -0.3 is 10.2 Å². The van der Waals surface area contributed by atoms with Crippen molar-refractivity contribution >= 4 is 50.7 Å². The molecule has 1 unspecified atom stereocenters. The van der Waals surface area contributed by atoms with E-state index in [1.165, 1.54) is 48.2 Å². The van der Waals surface area contributed by atoms with Crippen LogP contribution in [0.25, 0.3) is 0 Å². The summed E-state index contributed by atoms with van der Waals surface area (Å²) < 4.78 is 43.1. The summed E-state index contributed by atoms with van der Waals surface area (Å²) in [6.07, 6.45) is 0. The number of nitrogens with zero attached hydrogens (tertiary/aromatic N) is 2. The number of carbonyl (C=O) groups excluding carboxylic acids is 2. The molecule has 11 heteroatoms. The molecule has 3 aromatic rings.